The van der Waals surface area contributed by atoms with Crippen molar-refractivity contribution in [1.29, 1.82) is 0 Å². The lowest BCUT2D eigenvalue weighted by molar-refractivity contribution is -0.132. The highest BCUT2D eigenvalue weighted by atomic mass is 19.1. The van der Waals surface area contributed by atoms with Gasteiger partial charge in [0.15, 0.2) is 0 Å². The van der Waals surface area contributed by atoms with Gasteiger partial charge in [-0.05, 0) is 35.6 Å². The van der Waals surface area contributed by atoms with Crippen LogP contribution in [0.4, 0.5) is 4.39 Å². The van der Waals surface area contributed by atoms with Crippen LogP contribution in [0.1, 0.15) is 29.3 Å². The second-order valence-electron chi connectivity index (χ2n) is 8.52. The van der Waals surface area contributed by atoms with Crippen LogP contribution in [0.5, 0.6) is 0 Å². The van der Waals surface area contributed by atoms with E-state index in [1.807, 2.05) is 35.2 Å². The van der Waals surface area contributed by atoms with Gasteiger partial charge in [-0.1, -0.05) is 42.5 Å². The Morgan fingerprint density at radius 2 is 1.78 bits per heavy atom. The number of hydrogen-bond donors (Lipinski definition) is 0. The Bertz CT molecular complexity index is 1280. The largest absolute Gasteiger partial charge is 0.342 e. The molecule has 0 radical (unpaired) electrons. The van der Waals surface area contributed by atoms with Crippen LogP contribution >= 0.6 is 0 Å². The number of carbonyl (C=O) groups excluding carboxylic acids is 1. The fourth-order valence-corrected chi connectivity index (χ4v) is 4.77. The van der Waals surface area contributed by atoms with Gasteiger partial charge < -0.3 is 4.90 Å². The molecule has 7 nitrogen and oxygen atoms in total. The predicted octanol–water partition coefficient (Wildman–Crippen LogP) is 1.78. The molecular weight excluding hydrogens is 411 g/mol. The molecule has 32 heavy (non-hydrogen) atoms. The van der Waals surface area contributed by atoms with E-state index in [1.165, 1.54) is 16.7 Å². The van der Waals surface area contributed by atoms with Crippen molar-refractivity contribution in [1.82, 2.24) is 19.2 Å². The van der Waals surface area contributed by atoms with E-state index in [9.17, 15) is 18.8 Å². The van der Waals surface area contributed by atoms with E-state index >= 15 is 0 Å². The van der Waals surface area contributed by atoms with Crippen molar-refractivity contribution >= 4 is 5.91 Å². The van der Waals surface area contributed by atoms with Crippen LogP contribution < -0.4 is 11.1 Å². The number of carbonyl (C=O) groups is 1. The fraction of sp³-hybridized carbons (Fsp3) is 0.333. The molecule has 0 spiro atoms. The molecular formula is C24H23FN4O3. The van der Waals surface area contributed by atoms with Crippen LogP contribution in [0.15, 0.2) is 64.2 Å². The summed E-state index contributed by atoms with van der Waals surface area (Å²) in [5.41, 5.74) is 0.197. The Morgan fingerprint density at radius 1 is 1.00 bits per heavy atom. The minimum absolute atomic E-state index is 0.0215. The quantitative estimate of drug-likeness (QED) is 0.587. The lowest BCUT2D eigenvalue weighted by atomic mass is 9.87. The van der Waals surface area contributed by atoms with Gasteiger partial charge >= 0.3 is 11.1 Å². The zero-order valence-electron chi connectivity index (χ0n) is 17.5. The molecule has 5 rings (SSSR count). The average molecular weight is 434 g/mol. The van der Waals surface area contributed by atoms with Gasteiger partial charge in [-0.3, -0.25) is 19.0 Å². The minimum Gasteiger partial charge on any atom is -0.342 e. The minimum atomic E-state index is -0.714. The van der Waals surface area contributed by atoms with Crippen molar-refractivity contribution < 1.29 is 9.18 Å². The number of rotatable bonds is 4. The Hall–Kier alpha value is -3.55. The summed E-state index contributed by atoms with van der Waals surface area (Å²) in [7, 11) is 0. The summed E-state index contributed by atoms with van der Waals surface area (Å²) >= 11 is 0. The zero-order chi connectivity index (χ0) is 22.2. The average Bonchev–Trinajstić information content (AvgIpc) is 3.16. The molecule has 1 saturated heterocycles. The number of halogens is 1. The monoisotopic (exact) mass is 434 g/mol. The maximum Gasteiger partial charge on any atom is 0.332 e. The third kappa shape index (κ3) is 3.77. The first-order valence-electron chi connectivity index (χ1n) is 10.8. The molecule has 3 aromatic rings. The van der Waals surface area contributed by atoms with Crippen molar-refractivity contribution in [2.75, 3.05) is 13.1 Å². The maximum atomic E-state index is 13.6. The third-order valence-corrected chi connectivity index (χ3v) is 6.44. The number of hydrogen-bond acceptors (Lipinski definition) is 4. The second kappa shape index (κ2) is 8.18. The summed E-state index contributed by atoms with van der Waals surface area (Å²) in [6.45, 7) is 1.57. The highest BCUT2D eigenvalue weighted by Gasteiger charge is 2.41. The highest BCUT2D eigenvalue weighted by molar-refractivity contribution is 5.79. The van der Waals surface area contributed by atoms with Gasteiger partial charge in [0.2, 0.25) is 5.91 Å². The molecule has 0 saturated carbocycles. The van der Waals surface area contributed by atoms with E-state index in [2.05, 4.69) is 5.10 Å². The number of aromatic nitrogens is 3. The number of benzene rings is 2. The second-order valence-corrected chi connectivity index (χ2v) is 8.52. The van der Waals surface area contributed by atoms with E-state index < -0.39 is 16.9 Å². The summed E-state index contributed by atoms with van der Waals surface area (Å²) < 4.78 is 16.1. The topological polar surface area (TPSA) is 77.2 Å². The van der Waals surface area contributed by atoms with Crippen LogP contribution in [-0.4, -0.2) is 38.2 Å². The Labute approximate surface area is 183 Å². The maximum absolute atomic E-state index is 13.6. The molecule has 0 bridgehead atoms. The van der Waals surface area contributed by atoms with Crippen molar-refractivity contribution in [2.24, 2.45) is 5.92 Å². The number of likely N-dealkylation sites (tertiary alicyclic amines) is 1. The first-order chi connectivity index (χ1) is 15.5. The van der Waals surface area contributed by atoms with Crippen molar-refractivity contribution in [3.8, 4) is 0 Å². The van der Waals surface area contributed by atoms with Gasteiger partial charge in [-0.15, -0.1) is 0 Å². The number of amides is 1. The van der Waals surface area contributed by atoms with Gasteiger partial charge in [0.1, 0.15) is 11.6 Å². The van der Waals surface area contributed by atoms with Crippen molar-refractivity contribution in [2.45, 2.75) is 31.8 Å². The van der Waals surface area contributed by atoms with Crippen LogP contribution in [-0.2, 0) is 24.3 Å². The number of fused-ring (bicyclic) bond motifs is 3. The molecule has 2 aliphatic heterocycles. The Balaban J connectivity index is 1.41. The summed E-state index contributed by atoms with van der Waals surface area (Å²) in [5.74, 6) is 0.237. The van der Waals surface area contributed by atoms with E-state index in [0.29, 0.717) is 37.4 Å². The molecule has 0 unspecified atom stereocenters. The summed E-state index contributed by atoms with van der Waals surface area (Å²) in [4.78, 5) is 40.1. The molecule has 3 heterocycles. The number of nitrogens with zero attached hydrogens (tertiary/aromatic N) is 4. The molecule has 0 aliphatic carbocycles. The molecule has 2 aromatic carbocycles. The normalized spacial score (nSPS) is 19.5. The van der Waals surface area contributed by atoms with Crippen molar-refractivity contribution in [3.63, 3.8) is 0 Å². The third-order valence-electron chi connectivity index (χ3n) is 6.44. The molecule has 0 N–H and O–H groups in total. The predicted molar refractivity (Wildman–Crippen MR) is 116 cm³/mol. The van der Waals surface area contributed by atoms with Crippen LogP contribution in [0.3, 0.4) is 0 Å². The van der Waals surface area contributed by atoms with Gasteiger partial charge in [-0.2, -0.15) is 5.10 Å². The van der Waals surface area contributed by atoms with Gasteiger partial charge in [0.05, 0.1) is 13.0 Å². The van der Waals surface area contributed by atoms with E-state index in [0.717, 1.165) is 16.7 Å². The zero-order valence-corrected chi connectivity index (χ0v) is 17.5. The molecule has 2 aliphatic rings. The molecule has 1 fully saturated rings. The van der Waals surface area contributed by atoms with Crippen LogP contribution in [0, 0.1) is 11.7 Å². The summed E-state index contributed by atoms with van der Waals surface area (Å²) in [5, 5.41) is 4.51. The van der Waals surface area contributed by atoms with E-state index in [4.69, 9.17) is 0 Å². The van der Waals surface area contributed by atoms with Gasteiger partial charge in [0, 0.05) is 25.6 Å². The molecule has 2 atom stereocenters. The van der Waals surface area contributed by atoms with Gasteiger partial charge in [-0.25, -0.2) is 9.07 Å². The summed E-state index contributed by atoms with van der Waals surface area (Å²) in [6, 6.07) is 15.5. The van der Waals surface area contributed by atoms with E-state index in [1.54, 1.807) is 12.1 Å². The smallest absolute Gasteiger partial charge is 0.332 e. The molecule has 1 amide bonds. The molecule has 164 valence electrons. The molecule has 1 aromatic heterocycles. The van der Waals surface area contributed by atoms with Crippen LogP contribution in [0.2, 0.25) is 0 Å². The standard InChI is InChI=1S/C24H23FN4O3/c25-19-8-4-7-17(11-19)13-29-24(32)23(31)28-14-18-9-10-27(15-20(18)22(28)26-29)21(30)12-16-5-2-1-3-6-16/h1-8,11,18,20H,9-10,12-15H2/t18-,20-/m1/s1. The fourth-order valence-electron chi connectivity index (χ4n) is 4.77. The number of piperidine rings is 1. The molecule has 8 heteroatoms. The Morgan fingerprint density at radius 3 is 2.56 bits per heavy atom. The Kier molecular flexibility index (Phi) is 5.20. The summed E-state index contributed by atoms with van der Waals surface area (Å²) in [6.07, 6.45) is 1.09. The lowest BCUT2D eigenvalue weighted by Gasteiger charge is -2.34. The first-order valence-corrected chi connectivity index (χ1v) is 10.8. The lowest BCUT2D eigenvalue weighted by Crippen LogP contribution is -2.44. The van der Waals surface area contributed by atoms with E-state index in [-0.39, 0.29) is 24.3 Å². The van der Waals surface area contributed by atoms with Crippen molar-refractivity contribution in [3.05, 3.63) is 98.1 Å². The highest BCUT2D eigenvalue weighted by Crippen LogP contribution is 2.37. The van der Waals surface area contributed by atoms with Gasteiger partial charge in [0.25, 0.3) is 0 Å². The first kappa shape index (κ1) is 20.4. The van der Waals surface area contributed by atoms with Crippen LogP contribution in [0.25, 0.3) is 0 Å². The SMILES string of the molecule is O=C(Cc1ccccc1)N1CC[C@@H]2Cn3c(nn(Cc4cccc(F)c4)c(=O)c3=O)[C@@H]2C1.